The highest BCUT2D eigenvalue weighted by Gasteiger charge is 2.24. The Bertz CT molecular complexity index is 730. The van der Waals surface area contributed by atoms with Gasteiger partial charge in [-0.3, -0.25) is 9.05 Å². The summed E-state index contributed by atoms with van der Waals surface area (Å²) >= 11 is 2.38. The molecule has 0 fully saturated rings. The Morgan fingerprint density at radius 3 is 2.08 bits per heavy atom. The Hall–Kier alpha value is -0.0600. The predicted molar refractivity (Wildman–Crippen MR) is 155 cm³/mol. The Morgan fingerprint density at radius 1 is 0.889 bits per heavy atom. The Kier molecular flexibility index (Phi) is 18.8. The number of rotatable bonds is 23. The molecule has 7 nitrogen and oxygen atoms in total. The van der Waals surface area contributed by atoms with E-state index < -0.39 is 13.9 Å². The normalized spacial score (nSPS) is 14.6. The first-order chi connectivity index (χ1) is 17.1. The molecule has 1 aromatic rings. The summed E-state index contributed by atoms with van der Waals surface area (Å²) < 4.78 is 35.0. The second-order valence-corrected chi connectivity index (χ2v) is 13.2. The topological polar surface area (TPSA) is 74.2 Å². The van der Waals surface area contributed by atoms with Gasteiger partial charge in [-0.25, -0.2) is 4.57 Å². The van der Waals surface area contributed by atoms with Crippen molar-refractivity contribution in [2.24, 2.45) is 0 Å². The van der Waals surface area contributed by atoms with Crippen LogP contribution in [0.25, 0.3) is 0 Å². The SMILES string of the molecule is CO[C@@H](COCCCCCCCCCCCCc1cccc(I)c1)COP(=O)(O)OCC[N+](C)(C)C. The third-order valence-electron chi connectivity index (χ3n) is 5.97. The van der Waals surface area contributed by atoms with Crippen molar-refractivity contribution in [1.82, 2.24) is 0 Å². The summed E-state index contributed by atoms with van der Waals surface area (Å²) in [6.07, 6.45) is 13.5. The zero-order chi connectivity index (χ0) is 26.7. The molecular weight excluding hydrogens is 592 g/mol. The molecule has 0 bridgehead atoms. The van der Waals surface area contributed by atoms with E-state index in [1.165, 1.54) is 66.9 Å². The quantitative estimate of drug-likeness (QED) is 0.0628. The number of nitrogens with zero attached hydrogens (tertiary/aromatic N) is 1. The molecule has 0 aliphatic rings. The van der Waals surface area contributed by atoms with E-state index >= 15 is 0 Å². The summed E-state index contributed by atoms with van der Waals surface area (Å²) in [6.45, 7) is 1.72. The van der Waals surface area contributed by atoms with Crippen molar-refractivity contribution in [3.05, 3.63) is 33.4 Å². The van der Waals surface area contributed by atoms with E-state index in [0.717, 1.165) is 12.8 Å². The minimum Gasteiger partial charge on any atom is -0.379 e. The van der Waals surface area contributed by atoms with Crippen molar-refractivity contribution in [3.8, 4) is 0 Å². The molecule has 1 rings (SSSR count). The molecule has 0 saturated heterocycles. The lowest BCUT2D eigenvalue weighted by molar-refractivity contribution is -0.870. The Morgan fingerprint density at radius 2 is 1.50 bits per heavy atom. The highest BCUT2D eigenvalue weighted by Crippen LogP contribution is 2.43. The largest absolute Gasteiger partial charge is 0.472 e. The lowest BCUT2D eigenvalue weighted by atomic mass is 10.0. The maximum atomic E-state index is 12.0. The molecule has 0 amide bonds. The lowest BCUT2D eigenvalue weighted by Gasteiger charge is -2.24. The first-order valence-electron chi connectivity index (χ1n) is 13.4. The highest BCUT2D eigenvalue weighted by atomic mass is 127. The summed E-state index contributed by atoms with van der Waals surface area (Å²) in [7, 11) is 3.43. The van der Waals surface area contributed by atoms with Gasteiger partial charge in [0.2, 0.25) is 0 Å². The molecule has 210 valence electrons. The number of ether oxygens (including phenoxy) is 2. The number of hydrogen-bond acceptors (Lipinski definition) is 5. The van der Waals surface area contributed by atoms with E-state index in [0.29, 0.717) is 24.2 Å². The summed E-state index contributed by atoms with van der Waals surface area (Å²) in [6, 6.07) is 8.82. The molecule has 1 aromatic carbocycles. The average Bonchev–Trinajstić information content (AvgIpc) is 2.80. The summed E-state index contributed by atoms with van der Waals surface area (Å²) in [4.78, 5) is 9.80. The predicted octanol–water partition coefficient (Wildman–Crippen LogP) is 6.61. The molecule has 1 unspecified atom stereocenters. The van der Waals surface area contributed by atoms with Gasteiger partial charge in [0, 0.05) is 17.3 Å². The summed E-state index contributed by atoms with van der Waals surface area (Å²) in [5.41, 5.74) is 1.46. The summed E-state index contributed by atoms with van der Waals surface area (Å²) in [5.74, 6) is 0. The van der Waals surface area contributed by atoms with Gasteiger partial charge in [-0.1, -0.05) is 63.5 Å². The number of quaternary nitrogens is 1. The summed E-state index contributed by atoms with van der Waals surface area (Å²) in [5, 5.41) is 0. The van der Waals surface area contributed by atoms with Crippen LogP contribution in [0.5, 0.6) is 0 Å². The third kappa shape index (κ3) is 20.0. The van der Waals surface area contributed by atoms with E-state index in [-0.39, 0.29) is 13.2 Å². The standard InChI is InChI=1S/C27H49INO6P/c1-29(2,3)19-21-34-36(30,31)35-24-27(32-4)23-33-20-14-12-10-8-6-5-7-9-11-13-16-25-17-15-18-26(28)22-25/h15,17-18,22,27H,5-14,16,19-21,23-24H2,1-4H3/p+1/t27-/m0/s1. The van der Waals surface area contributed by atoms with Crippen molar-refractivity contribution >= 4 is 30.4 Å². The molecule has 2 atom stereocenters. The zero-order valence-electron chi connectivity index (χ0n) is 23.0. The van der Waals surface area contributed by atoms with Gasteiger partial charge in [-0.15, -0.1) is 0 Å². The van der Waals surface area contributed by atoms with Crippen LogP contribution >= 0.6 is 30.4 Å². The van der Waals surface area contributed by atoms with Gasteiger partial charge in [0.05, 0.1) is 34.4 Å². The van der Waals surface area contributed by atoms with Gasteiger partial charge >= 0.3 is 7.82 Å². The number of halogens is 1. The fourth-order valence-electron chi connectivity index (χ4n) is 3.68. The van der Waals surface area contributed by atoms with E-state index in [2.05, 4.69) is 46.9 Å². The van der Waals surface area contributed by atoms with Crippen LogP contribution in [0.4, 0.5) is 0 Å². The zero-order valence-corrected chi connectivity index (χ0v) is 26.0. The lowest BCUT2D eigenvalue weighted by Crippen LogP contribution is -2.37. The average molecular weight is 643 g/mol. The van der Waals surface area contributed by atoms with Crippen LogP contribution in [0, 0.1) is 3.57 Å². The van der Waals surface area contributed by atoms with Gasteiger partial charge in [-0.2, -0.15) is 0 Å². The van der Waals surface area contributed by atoms with E-state index in [1.807, 2.05) is 21.1 Å². The first kappa shape index (κ1) is 34.0. The fourth-order valence-corrected chi connectivity index (χ4v) is 5.03. The molecule has 36 heavy (non-hydrogen) atoms. The number of aryl methyl sites for hydroxylation is 1. The molecule has 9 heteroatoms. The van der Waals surface area contributed by atoms with Gasteiger partial charge in [-0.05, 0) is 59.5 Å². The third-order valence-corrected chi connectivity index (χ3v) is 7.63. The maximum absolute atomic E-state index is 12.0. The number of hydrogen-bond donors (Lipinski definition) is 1. The van der Waals surface area contributed by atoms with E-state index in [9.17, 15) is 9.46 Å². The number of likely N-dealkylation sites (N-methyl/N-ethyl adjacent to an activating group) is 1. The molecule has 0 aliphatic heterocycles. The van der Waals surface area contributed by atoms with Gasteiger partial charge in [0.15, 0.2) is 0 Å². The molecule has 0 aliphatic carbocycles. The Balaban J connectivity index is 1.92. The van der Waals surface area contributed by atoms with E-state index in [1.54, 1.807) is 7.11 Å². The van der Waals surface area contributed by atoms with Gasteiger partial charge in [0.1, 0.15) is 19.3 Å². The van der Waals surface area contributed by atoms with Crippen LogP contribution in [-0.2, 0) is 29.5 Å². The van der Waals surface area contributed by atoms with Crippen LogP contribution in [-0.4, -0.2) is 76.7 Å². The number of benzene rings is 1. The number of phosphoric ester groups is 1. The fraction of sp³-hybridized carbons (Fsp3) is 0.778. The number of phosphoric acid groups is 1. The molecule has 0 heterocycles. The van der Waals surface area contributed by atoms with Crippen LogP contribution in [0.2, 0.25) is 0 Å². The molecule has 1 N–H and O–H groups in total. The monoisotopic (exact) mass is 642 g/mol. The van der Waals surface area contributed by atoms with Crippen molar-refractivity contribution in [3.63, 3.8) is 0 Å². The number of methoxy groups -OCH3 is 1. The molecule has 0 aromatic heterocycles. The van der Waals surface area contributed by atoms with Crippen molar-refractivity contribution in [1.29, 1.82) is 0 Å². The molecular formula is C27H50INO6P+. The number of unbranched alkanes of at least 4 members (excludes halogenated alkanes) is 9. The first-order valence-corrected chi connectivity index (χ1v) is 16.0. The minimum absolute atomic E-state index is 0.0414. The van der Waals surface area contributed by atoms with E-state index in [4.69, 9.17) is 18.5 Å². The molecule has 0 spiro atoms. The van der Waals surface area contributed by atoms with Crippen LogP contribution < -0.4 is 0 Å². The molecule has 0 saturated carbocycles. The maximum Gasteiger partial charge on any atom is 0.472 e. The minimum atomic E-state index is -4.08. The van der Waals surface area contributed by atoms with Crippen molar-refractivity contribution in [2.45, 2.75) is 76.7 Å². The van der Waals surface area contributed by atoms with Crippen molar-refractivity contribution < 1.29 is 32.5 Å². The molecule has 0 radical (unpaired) electrons. The van der Waals surface area contributed by atoms with Crippen molar-refractivity contribution in [2.75, 3.05) is 61.2 Å². The van der Waals surface area contributed by atoms with Crippen LogP contribution in [0.15, 0.2) is 24.3 Å². The second-order valence-electron chi connectivity index (χ2n) is 10.5. The van der Waals surface area contributed by atoms with Crippen LogP contribution in [0.1, 0.15) is 69.8 Å². The van der Waals surface area contributed by atoms with Gasteiger partial charge < -0.3 is 18.9 Å². The van der Waals surface area contributed by atoms with Gasteiger partial charge in [0.25, 0.3) is 0 Å². The van der Waals surface area contributed by atoms with Crippen LogP contribution in [0.3, 0.4) is 0 Å². The Labute approximate surface area is 233 Å². The smallest absolute Gasteiger partial charge is 0.379 e. The highest BCUT2D eigenvalue weighted by molar-refractivity contribution is 14.1. The second kappa shape index (κ2) is 19.9.